The largest absolute Gasteiger partial charge is 0.466 e. The minimum absolute atomic E-state index is 0.155. The lowest BCUT2D eigenvalue weighted by atomic mass is 10.1. The number of carbonyl (C=O) groups is 3. The first kappa shape index (κ1) is 26.8. The van der Waals surface area contributed by atoms with Crippen LogP contribution in [0.2, 0.25) is 0 Å². The molecule has 2 saturated heterocycles. The Morgan fingerprint density at radius 2 is 2.11 bits per heavy atom. The topological polar surface area (TPSA) is 113 Å². The number of pyridine rings is 1. The number of nitrogens with zero attached hydrogens (tertiary/aromatic N) is 4. The molecule has 4 heterocycles. The first-order valence-electron chi connectivity index (χ1n) is 12.2. The third kappa shape index (κ3) is 5.40. The van der Waals surface area contributed by atoms with Gasteiger partial charge in [-0.3, -0.25) is 28.5 Å². The SMILES string of the molecule is CCCCN1C(=O)/C(=C/c2c(N3CCNC(=O)[C@@H]3CC(=O)OCC)nc3c(C)cccn3c2=O)SC1=S. The number of esters is 1. The van der Waals surface area contributed by atoms with Crippen LogP contribution in [-0.4, -0.2) is 68.7 Å². The second-order valence-corrected chi connectivity index (χ2v) is 10.4. The van der Waals surface area contributed by atoms with Crippen LogP contribution in [0.5, 0.6) is 0 Å². The molecular formula is C25H29N5O5S2. The highest BCUT2D eigenvalue weighted by Crippen LogP contribution is 2.34. The Morgan fingerprint density at radius 1 is 1.32 bits per heavy atom. The molecule has 2 aromatic rings. The van der Waals surface area contributed by atoms with Gasteiger partial charge in [-0.1, -0.05) is 43.4 Å². The van der Waals surface area contributed by atoms with Gasteiger partial charge in [-0.05, 0) is 38.0 Å². The van der Waals surface area contributed by atoms with Crippen LogP contribution in [0.3, 0.4) is 0 Å². The van der Waals surface area contributed by atoms with Gasteiger partial charge in [-0.2, -0.15) is 0 Å². The molecule has 2 aliphatic rings. The molecule has 2 aromatic heterocycles. The number of hydrogen-bond donors (Lipinski definition) is 1. The maximum Gasteiger partial charge on any atom is 0.308 e. The molecule has 37 heavy (non-hydrogen) atoms. The molecule has 2 aliphatic heterocycles. The van der Waals surface area contributed by atoms with E-state index in [4.69, 9.17) is 21.9 Å². The predicted octanol–water partition coefficient (Wildman–Crippen LogP) is 2.26. The lowest BCUT2D eigenvalue weighted by Crippen LogP contribution is -2.57. The Bertz CT molecular complexity index is 1350. The van der Waals surface area contributed by atoms with Crippen molar-refractivity contribution in [2.45, 2.75) is 46.1 Å². The summed E-state index contributed by atoms with van der Waals surface area (Å²) < 4.78 is 6.95. The normalized spacial score (nSPS) is 19.2. The van der Waals surface area contributed by atoms with Crippen molar-refractivity contribution in [1.82, 2.24) is 19.6 Å². The molecule has 1 atom stereocenters. The first-order chi connectivity index (χ1) is 17.8. The van der Waals surface area contributed by atoms with Gasteiger partial charge in [-0.15, -0.1) is 0 Å². The fraction of sp³-hybridized carbons (Fsp3) is 0.440. The van der Waals surface area contributed by atoms with E-state index < -0.39 is 12.0 Å². The summed E-state index contributed by atoms with van der Waals surface area (Å²) in [5.74, 6) is -0.908. The van der Waals surface area contributed by atoms with Crippen LogP contribution in [0.4, 0.5) is 5.82 Å². The van der Waals surface area contributed by atoms with E-state index in [1.807, 2.05) is 19.9 Å². The Hall–Kier alpha value is -3.25. The fourth-order valence-corrected chi connectivity index (χ4v) is 5.63. The Labute approximate surface area is 224 Å². The number of thiocarbonyl (C=S) groups is 1. The van der Waals surface area contributed by atoms with Crippen LogP contribution in [0, 0.1) is 6.92 Å². The van der Waals surface area contributed by atoms with Gasteiger partial charge < -0.3 is 15.0 Å². The maximum absolute atomic E-state index is 13.8. The number of fused-ring (bicyclic) bond motifs is 1. The van der Waals surface area contributed by atoms with Gasteiger partial charge in [0.15, 0.2) is 0 Å². The average Bonchev–Trinajstić information content (AvgIpc) is 3.13. The highest BCUT2D eigenvalue weighted by Gasteiger charge is 2.36. The van der Waals surface area contributed by atoms with E-state index >= 15 is 0 Å². The van der Waals surface area contributed by atoms with Gasteiger partial charge in [0.05, 0.1) is 23.5 Å². The van der Waals surface area contributed by atoms with Gasteiger partial charge in [0, 0.05) is 25.8 Å². The van der Waals surface area contributed by atoms with E-state index in [1.54, 1.807) is 29.0 Å². The van der Waals surface area contributed by atoms with E-state index in [1.165, 1.54) is 10.5 Å². The lowest BCUT2D eigenvalue weighted by Gasteiger charge is -2.36. The molecule has 4 rings (SSSR count). The van der Waals surface area contributed by atoms with Gasteiger partial charge in [0.25, 0.3) is 11.5 Å². The third-order valence-electron chi connectivity index (χ3n) is 6.22. The second kappa shape index (κ2) is 11.4. The highest BCUT2D eigenvalue weighted by molar-refractivity contribution is 8.26. The molecule has 0 aromatic carbocycles. The summed E-state index contributed by atoms with van der Waals surface area (Å²) >= 11 is 6.57. The van der Waals surface area contributed by atoms with Crippen molar-refractivity contribution < 1.29 is 19.1 Å². The molecule has 0 saturated carbocycles. The number of aryl methyl sites for hydroxylation is 1. The standard InChI is InChI=1S/C25H29N5O5S2/c1-4-6-10-30-24(34)18(37-25(30)36)13-16-21(27-20-15(3)8-7-11-29(20)23(16)33)28-12-9-26-22(32)17(28)14-19(31)35-5-2/h7-8,11,13,17H,4-6,9-10,12,14H2,1-3H3,(H,26,32)/b18-13-/t17-/m0/s1. The molecule has 10 nitrogen and oxygen atoms in total. The summed E-state index contributed by atoms with van der Waals surface area (Å²) in [6.07, 6.45) is 4.65. The quantitative estimate of drug-likeness (QED) is 0.304. The lowest BCUT2D eigenvalue weighted by molar-refractivity contribution is -0.145. The molecule has 0 radical (unpaired) electrons. The predicted molar refractivity (Wildman–Crippen MR) is 146 cm³/mol. The van der Waals surface area contributed by atoms with E-state index in [2.05, 4.69) is 5.32 Å². The summed E-state index contributed by atoms with van der Waals surface area (Å²) in [7, 11) is 0. The number of thioether (sulfide) groups is 1. The molecule has 1 N–H and O–H groups in total. The molecular weight excluding hydrogens is 514 g/mol. The summed E-state index contributed by atoms with van der Waals surface area (Å²) in [5, 5.41) is 2.78. The zero-order valence-electron chi connectivity index (χ0n) is 21.0. The molecule has 2 fully saturated rings. The zero-order valence-corrected chi connectivity index (χ0v) is 22.6. The number of hydrogen-bond acceptors (Lipinski definition) is 9. The van der Waals surface area contributed by atoms with Gasteiger partial charge in [-0.25, -0.2) is 4.98 Å². The zero-order chi connectivity index (χ0) is 26.7. The minimum Gasteiger partial charge on any atom is -0.466 e. The first-order valence-corrected chi connectivity index (χ1v) is 13.5. The van der Waals surface area contributed by atoms with Crippen molar-refractivity contribution in [2.75, 3.05) is 31.1 Å². The van der Waals surface area contributed by atoms with Crippen molar-refractivity contribution in [1.29, 1.82) is 0 Å². The highest BCUT2D eigenvalue weighted by atomic mass is 32.2. The summed E-state index contributed by atoms with van der Waals surface area (Å²) in [5.41, 5.74) is 0.962. The van der Waals surface area contributed by atoms with Crippen molar-refractivity contribution in [2.24, 2.45) is 0 Å². The number of aromatic nitrogens is 2. The molecule has 12 heteroatoms. The van der Waals surface area contributed by atoms with E-state index in [9.17, 15) is 19.2 Å². The number of carbonyl (C=O) groups excluding carboxylic acids is 3. The molecule has 0 aliphatic carbocycles. The molecule has 0 unspecified atom stereocenters. The van der Waals surface area contributed by atoms with Gasteiger partial charge in [0.1, 0.15) is 21.8 Å². The van der Waals surface area contributed by atoms with Crippen LogP contribution < -0.4 is 15.8 Å². The van der Waals surface area contributed by atoms with E-state index in [-0.39, 0.29) is 41.8 Å². The van der Waals surface area contributed by atoms with Gasteiger partial charge >= 0.3 is 5.97 Å². The number of amides is 2. The Kier molecular flexibility index (Phi) is 8.28. The summed E-state index contributed by atoms with van der Waals surface area (Å²) in [6, 6.07) is 2.66. The van der Waals surface area contributed by atoms with Crippen molar-refractivity contribution >= 4 is 63.6 Å². The van der Waals surface area contributed by atoms with Crippen LogP contribution in [-0.2, 0) is 19.1 Å². The molecule has 2 amide bonds. The van der Waals surface area contributed by atoms with Crippen LogP contribution >= 0.6 is 24.0 Å². The van der Waals surface area contributed by atoms with Crippen molar-refractivity contribution in [3.05, 3.63) is 44.7 Å². The fourth-order valence-electron chi connectivity index (χ4n) is 4.33. The minimum atomic E-state index is -0.919. The van der Waals surface area contributed by atoms with Crippen LogP contribution in [0.15, 0.2) is 28.0 Å². The van der Waals surface area contributed by atoms with E-state index in [0.29, 0.717) is 34.5 Å². The number of piperazine rings is 1. The molecule has 0 bridgehead atoms. The van der Waals surface area contributed by atoms with Crippen molar-refractivity contribution in [3.8, 4) is 0 Å². The Morgan fingerprint density at radius 3 is 2.84 bits per heavy atom. The van der Waals surface area contributed by atoms with Crippen LogP contribution in [0.1, 0.15) is 44.2 Å². The van der Waals surface area contributed by atoms with Crippen molar-refractivity contribution in [3.63, 3.8) is 0 Å². The molecule has 196 valence electrons. The summed E-state index contributed by atoms with van der Waals surface area (Å²) in [6.45, 7) is 6.89. The number of nitrogens with one attached hydrogen (secondary N) is 1. The van der Waals surface area contributed by atoms with E-state index in [0.717, 1.165) is 30.2 Å². The van der Waals surface area contributed by atoms with Crippen LogP contribution in [0.25, 0.3) is 11.7 Å². The monoisotopic (exact) mass is 543 g/mol. The smallest absolute Gasteiger partial charge is 0.308 e. The molecule has 0 spiro atoms. The maximum atomic E-state index is 13.8. The number of anilines is 1. The number of rotatable bonds is 8. The average molecular weight is 544 g/mol. The number of ether oxygens (including phenoxy) is 1. The number of unbranched alkanes of at least 4 members (excludes halogenated alkanes) is 1. The third-order valence-corrected chi connectivity index (χ3v) is 7.59. The van der Waals surface area contributed by atoms with Gasteiger partial charge in [0.2, 0.25) is 5.91 Å². The Balaban J connectivity index is 1.87. The second-order valence-electron chi connectivity index (χ2n) is 8.74. The summed E-state index contributed by atoms with van der Waals surface area (Å²) in [4.78, 5) is 60.5.